The van der Waals surface area contributed by atoms with E-state index in [9.17, 15) is 13.2 Å². The molecule has 5 nitrogen and oxygen atoms in total. The predicted octanol–water partition coefficient (Wildman–Crippen LogP) is 2.54. The molecule has 1 aliphatic rings. The molecule has 2 aromatic rings. The second kappa shape index (κ2) is 5.72. The summed E-state index contributed by atoms with van der Waals surface area (Å²) in [6.45, 7) is 5.46. The number of carbonyl (C=O) groups excluding carboxylic acids is 1. The van der Waals surface area contributed by atoms with Crippen molar-refractivity contribution in [3.8, 4) is 0 Å². The zero-order chi connectivity index (χ0) is 17.6. The van der Waals surface area contributed by atoms with Gasteiger partial charge in [0.2, 0.25) is 10.0 Å². The van der Waals surface area contributed by atoms with Crippen molar-refractivity contribution in [2.45, 2.75) is 38.1 Å². The number of rotatable bonds is 2. The first kappa shape index (κ1) is 16.7. The molecule has 3 rings (SSSR count). The Hall–Kier alpha value is -2.18. The summed E-state index contributed by atoms with van der Waals surface area (Å²) in [5.41, 5.74) is 3.64. The van der Waals surface area contributed by atoms with Gasteiger partial charge >= 0.3 is 0 Å². The molecule has 6 heteroatoms. The molecule has 24 heavy (non-hydrogen) atoms. The zero-order valence-electron chi connectivity index (χ0n) is 13.9. The topological polar surface area (TPSA) is 80.5 Å². The number of aryl methyl sites for hydroxylation is 1. The number of amides is 1. The second-order valence-corrected chi connectivity index (χ2v) is 7.85. The maximum Gasteiger partial charge on any atom is 0.258 e. The summed E-state index contributed by atoms with van der Waals surface area (Å²) in [4.78, 5) is 14.8. The largest absolute Gasteiger partial charge is 0.305 e. The van der Waals surface area contributed by atoms with Crippen LogP contribution in [-0.4, -0.2) is 20.4 Å². The van der Waals surface area contributed by atoms with Gasteiger partial charge in [-0.2, -0.15) is 0 Å². The number of benzene rings is 2. The van der Waals surface area contributed by atoms with E-state index in [2.05, 4.69) is 0 Å². The number of hydrogen-bond donors (Lipinski definition) is 1. The Kier molecular flexibility index (Phi) is 3.97. The van der Waals surface area contributed by atoms with Crippen molar-refractivity contribution in [1.29, 1.82) is 0 Å². The molecule has 1 aliphatic heterocycles. The Morgan fingerprint density at radius 3 is 2.54 bits per heavy atom. The maximum absolute atomic E-state index is 13.1. The first-order valence-electron chi connectivity index (χ1n) is 7.75. The summed E-state index contributed by atoms with van der Waals surface area (Å²) >= 11 is 0. The van der Waals surface area contributed by atoms with Gasteiger partial charge in [-0.3, -0.25) is 4.79 Å². The van der Waals surface area contributed by atoms with Crippen LogP contribution >= 0.6 is 0 Å². The number of hydrogen-bond acceptors (Lipinski definition) is 3. The van der Waals surface area contributed by atoms with Crippen LogP contribution in [0.5, 0.6) is 0 Å². The minimum absolute atomic E-state index is 0.00554. The van der Waals surface area contributed by atoms with E-state index in [-0.39, 0.29) is 16.8 Å². The third kappa shape index (κ3) is 2.72. The van der Waals surface area contributed by atoms with Gasteiger partial charge in [-0.1, -0.05) is 18.2 Å². The molecule has 0 saturated heterocycles. The quantitative estimate of drug-likeness (QED) is 0.909. The third-order valence-corrected chi connectivity index (χ3v) is 5.64. The van der Waals surface area contributed by atoms with Crippen molar-refractivity contribution in [2.75, 3.05) is 4.90 Å². The smallest absolute Gasteiger partial charge is 0.258 e. The van der Waals surface area contributed by atoms with E-state index in [0.29, 0.717) is 11.1 Å². The van der Waals surface area contributed by atoms with Crippen LogP contribution in [0, 0.1) is 13.8 Å². The van der Waals surface area contributed by atoms with Crippen LogP contribution in [0.1, 0.15) is 34.0 Å². The monoisotopic (exact) mass is 344 g/mol. The highest BCUT2D eigenvalue weighted by molar-refractivity contribution is 7.89. The van der Waals surface area contributed by atoms with E-state index in [4.69, 9.17) is 5.14 Å². The van der Waals surface area contributed by atoms with Crippen LogP contribution in [0.2, 0.25) is 0 Å². The van der Waals surface area contributed by atoms with Crippen molar-refractivity contribution in [3.63, 3.8) is 0 Å². The summed E-state index contributed by atoms with van der Waals surface area (Å²) < 4.78 is 23.6. The fourth-order valence-corrected chi connectivity index (χ4v) is 4.14. The summed E-state index contributed by atoms with van der Waals surface area (Å²) in [5.74, 6) is -0.208. The Morgan fingerprint density at radius 1 is 1.21 bits per heavy atom. The first-order chi connectivity index (χ1) is 11.2. The molecule has 126 valence electrons. The number of fused-ring (bicyclic) bond motifs is 1. The molecule has 1 atom stereocenters. The average Bonchev–Trinajstić information content (AvgIpc) is 2.83. The molecule has 2 aromatic carbocycles. The molecule has 0 saturated carbocycles. The van der Waals surface area contributed by atoms with E-state index in [1.807, 2.05) is 31.2 Å². The normalized spacial score (nSPS) is 17.0. The van der Waals surface area contributed by atoms with Gasteiger partial charge < -0.3 is 4.90 Å². The molecule has 1 unspecified atom stereocenters. The highest BCUT2D eigenvalue weighted by atomic mass is 32.2. The molecule has 0 spiro atoms. The predicted molar refractivity (Wildman–Crippen MR) is 93.7 cm³/mol. The van der Waals surface area contributed by atoms with Crippen LogP contribution in [0.25, 0.3) is 0 Å². The molecule has 0 aliphatic carbocycles. The summed E-state index contributed by atoms with van der Waals surface area (Å²) in [6.07, 6.45) is 0.787. The van der Waals surface area contributed by atoms with Gasteiger partial charge in [0.15, 0.2) is 0 Å². The molecule has 2 N–H and O–H groups in total. The minimum Gasteiger partial charge on any atom is -0.305 e. The van der Waals surface area contributed by atoms with Gasteiger partial charge in [0.1, 0.15) is 0 Å². The molecule has 1 heterocycles. The van der Waals surface area contributed by atoms with Gasteiger partial charge in [-0.05, 0) is 62.1 Å². The lowest BCUT2D eigenvalue weighted by atomic mass is 10.0. The number of carbonyl (C=O) groups is 1. The van der Waals surface area contributed by atoms with E-state index in [1.54, 1.807) is 24.8 Å². The number of sulfonamides is 1. The number of nitrogens with two attached hydrogens (primary N) is 1. The zero-order valence-corrected chi connectivity index (χ0v) is 14.7. The van der Waals surface area contributed by atoms with E-state index in [1.165, 1.54) is 6.07 Å². The summed E-state index contributed by atoms with van der Waals surface area (Å²) in [7, 11) is -3.88. The Bertz CT molecular complexity index is 935. The number of nitrogens with zero attached hydrogens (tertiary/aromatic N) is 1. The summed E-state index contributed by atoms with van der Waals surface area (Å²) in [5, 5.41) is 5.30. The fourth-order valence-electron chi connectivity index (χ4n) is 3.26. The van der Waals surface area contributed by atoms with E-state index < -0.39 is 10.0 Å². The number of anilines is 1. The molecular weight excluding hydrogens is 324 g/mol. The van der Waals surface area contributed by atoms with Gasteiger partial charge in [0.05, 0.1) is 4.90 Å². The van der Waals surface area contributed by atoms with Gasteiger partial charge in [-0.25, -0.2) is 13.6 Å². The number of para-hydroxylation sites is 1. The Labute approximate surface area is 142 Å². The van der Waals surface area contributed by atoms with Crippen molar-refractivity contribution >= 4 is 21.6 Å². The highest BCUT2D eigenvalue weighted by Gasteiger charge is 2.32. The molecule has 0 aromatic heterocycles. The lowest BCUT2D eigenvalue weighted by Gasteiger charge is -2.23. The van der Waals surface area contributed by atoms with Crippen LogP contribution in [0.15, 0.2) is 41.3 Å². The Balaban J connectivity index is 2.10. The van der Waals surface area contributed by atoms with Crippen molar-refractivity contribution in [1.82, 2.24) is 0 Å². The number of primary sulfonamides is 1. The van der Waals surface area contributed by atoms with Crippen LogP contribution in [0.4, 0.5) is 5.69 Å². The third-order valence-electron chi connectivity index (χ3n) is 4.60. The lowest BCUT2D eigenvalue weighted by molar-refractivity contribution is 0.0981. The second-order valence-electron chi connectivity index (χ2n) is 6.32. The SMILES string of the molecule is Cc1cc(C(=O)N2c3ccccc3CC2C)cc(S(N)(=O)=O)c1C. The highest BCUT2D eigenvalue weighted by Crippen LogP contribution is 2.33. The van der Waals surface area contributed by atoms with Crippen molar-refractivity contribution in [2.24, 2.45) is 5.14 Å². The van der Waals surface area contributed by atoms with Crippen LogP contribution in [-0.2, 0) is 16.4 Å². The van der Waals surface area contributed by atoms with Crippen LogP contribution in [0.3, 0.4) is 0 Å². The van der Waals surface area contributed by atoms with Gasteiger partial charge in [0, 0.05) is 17.3 Å². The van der Waals surface area contributed by atoms with E-state index in [0.717, 1.165) is 23.2 Å². The lowest BCUT2D eigenvalue weighted by Crippen LogP contribution is -2.36. The average molecular weight is 344 g/mol. The van der Waals surface area contributed by atoms with Crippen molar-refractivity contribution in [3.05, 3.63) is 58.7 Å². The van der Waals surface area contributed by atoms with E-state index >= 15 is 0 Å². The molecule has 0 fully saturated rings. The first-order valence-corrected chi connectivity index (χ1v) is 9.30. The fraction of sp³-hybridized carbons (Fsp3) is 0.278. The standard InChI is InChI=1S/C18H20N2O3S/c1-11-8-15(10-17(13(11)3)24(19,22)23)18(21)20-12(2)9-14-6-4-5-7-16(14)20/h4-8,10,12H,9H2,1-3H3,(H2,19,22,23). The van der Waals surface area contributed by atoms with Gasteiger partial charge in [0.25, 0.3) is 5.91 Å². The molecule has 0 radical (unpaired) electrons. The summed E-state index contributed by atoms with van der Waals surface area (Å²) in [6, 6.07) is 10.9. The Morgan fingerprint density at radius 2 is 1.88 bits per heavy atom. The van der Waals surface area contributed by atoms with Crippen molar-refractivity contribution < 1.29 is 13.2 Å². The molecule has 1 amide bonds. The molecular formula is C18H20N2O3S. The maximum atomic E-state index is 13.1. The minimum atomic E-state index is -3.88. The van der Waals surface area contributed by atoms with Gasteiger partial charge in [-0.15, -0.1) is 0 Å². The van der Waals surface area contributed by atoms with Crippen LogP contribution < -0.4 is 10.0 Å². The molecule has 0 bridgehead atoms.